The molecule has 8 heteroatoms. The van der Waals surface area contributed by atoms with Gasteiger partial charge in [-0.2, -0.15) is 0 Å². The van der Waals surface area contributed by atoms with Crippen LogP contribution in [0.1, 0.15) is 25.3 Å². The van der Waals surface area contributed by atoms with Crippen LogP contribution in [0.2, 0.25) is 0 Å². The van der Waals surface area contributed by atoms with E-state index in [9.17, 15) is 9.59 Å². The van der Waals surface area contributed by atoms with E-state index in [1.54, 1.807) is 47.4 Å². The maximum atomic E-state index is 12.6. The summed E-state index contributed by atoms with van der Waals surface area (Å²) in [6.07, 6.45) is 1.57. The molecule has 3 aromatic carbocycles. The Kier molecular flexibility index (Phi) is 8.86. The van der Waals surface area contributed by atoms with E-state index in [0.717, 1.165) is 29.9 Å². The van der Waals surface area contributed by atoms with E-state index in [0.29, 0.717) is 42.6 Å². The number of hydrogen-bond acceptors (Lipinski definition) is 6. The smallest absolute Gasteiger partial charge is 0.265 e. The van der Waals surface area contributed by atoms with Gasteiger partial charge < -0.3 is 29.2 Å². The molecule has 1 N–H and O–H groups in total. The van der Waals surface area contributed by atoms with Crippen molar-refractivity contribution in [3.05, 3.63) is 72.3 Å². The van der Waals surface area contributed by atoms with Crippen LogP contribution in [0.4, 0.5) is 11.4 Å². The second kappa shape index (κ2) is 12.7. The van der Waals surface area contributed by atoms with Crippen LogP contribution in [0.15, 0.2) is 66.7 Å². The Morgan fingerprint density at radius 2 is 1.73 bits per heavy atom. The number of amides is 2. The molecule has 1 heterocycles. The van der Waals surface area contributed by atoms with Gasteiger partial charge in [-0.05, 0) is 86.8 Å². The fourth-order valence-corrected chi connectivity index (χ4v) is 3.94. The van der Waals surface area contributed by atoms with Crippen LogP contribution >= 0.6 is 0 Å². The van der Waals surface area contributed by atoms with Gasteiger partial charge in [-0.3, -0.25) is 9.59 Å². The van der Waals surface area contributed by atoms with Crippen molar-refractivity contribution in [3.8, 4) is 23.0 Å². The van der Waals surface area contributed by atoms with Crippen molar-refractivity contribution >= 4 is 23.2 Å². The third-order valence-corrected chi connectivity index (χ3v) is 5.72. The zero-order valence-electron chi connectivity index (χ0n) is 21.2. The third kappa shape index (κ3) is 7.39. The minimum Gasteiger partial charge on any atom is -0.494 e. The Labute approximate surface area is 217 Å². The summed E-state index contributed by atoms with van der Waals surface area (Å²) in [5.74, 6) is 2.35. The number of carbonyl (C=O) groups excluding carboxylic acids is 2. The van der Waals surface area contributed by atoms with Crippen LogP contribution in [-0.4, -0.2) is 44.8 Å². The SMILES string of the molecule is CCOc1ccc(OCC(=O)Nc2ccc3c(c2)N(CCCCOc2cccc(C)c2)C(=O)CO3)cc1. The summed E-state index contributed by atoms with van der Waals surface area (Å²) in [7, 11) is 0. The first-order valence-electron chi connectivity index (χ1n) is 12.4. The van der Waals surface area contributed by atoms with Crippen molar-refractivity contribution < 1.29 is 28.5 Å². The predicted octanol–water partition coefficient (Wildman–Crippen LogP) is 5.00. The van der Waals surface area contributed by atoms with Gasteiger partial charge in [0.25, 0.3) is 11.8 Å². The normalized spacial score (nSPS) is 12.4. The topological polar surface area (TPSA) is 86.3 Å². The number of ether oxygens (including phenoxy) is 4. The number of anilines is 2. The summed E-state index contributed by atoms with van der Waals surface area (Å²) in [5, 5.41) is 2.83. The van der Waals surface area contributed by atoms with Crippen molar-refractivity contribution in [3.63, 3.8) is 0 Å². The maximum Gasteiger partial charge on any atom is 0.265 e. The minimum absolute atomic E-state index is 0.00553. The van der Waals surface area contributed by atoms with Crippen molar-refractivity contribution in [2.45, 2.75) is 26.7 Å². The second-order valence-corrected chi connectivity index (χ2v) is 8.63. The molecule has 1 aliphatic heterocycles. The van der Waals surface area contributed by atoms with Crippen molar-refractivity contribution in [2.75, 3.05) is 43.2 Å². The molecule has 0 aromatic heterocycles. The monoisotopic (exact) mass is 504 g/mol. The standard InChI is InChI=1S/C29H32N2O6/c1-3-34-23-10-12-24(13-11-23)36-19-28(32)30-22-9-14-27-26(18-22)31(29(33)20-37-27)15-4-5-16-35-25-8-6-7-21(2)17-25/h6-14,17-18H,3-5,15-16,19-20H2,1-2H3,(H,30,32). The zero-order chi connectivity index (χ0) is 26.0. The molecule has 0 radical (unpaired) electrons. The van der Waals surface area contributed by atoms with Crippen LogP contribution in [0.3, 0.4) is 0 Å². The molecular formula is C29H32N2O6. The van der Waals surface area contributed by atoms with Gasteiger partial charge in [0.05, 0.1) is 18.9 Å². The van der Waals surface area contributed by atoms with E-state index in [4.69, 9.17) is 18.9 Å². The summed E-state index contributed by atoms with van der Waals surface area (Å²) in [4.78, 5) is 26.8. The summed E-state index contributed by atoms with van der Waals surface area (Å²) in [6, 6.07) is 20.3. The largest absolute Gasteiger partial charge is 0.494 e. The van der Waals surface area contributed by atoms with Gasteiger partial charge in [-0.1, -0.05) is 12.1 Å². The molecule has 194 valence electrons. The molecular weight excluding hydrogens is 472 g/mol. The van der Waals surface area contributed by atoms with Crippen LogP contribution in [-0.2, 0) is 9.59 Å². The molecule has 8 nitrogen and oxygen atoms in total. The van der Waals surface area contributed by atoms with Crippen molar-refractivity contribution in [1.29, 1.82) is 0 Å². The lowest BCUT2D eigenvalue weighted by Gasteiger charge is -2.30. The van der Waals surface area contributed by atoms with Gasteiger partial charge in [-0.15, -0.1) is 0 Å². The lowest BCUT2D eigenvalue weighted by molar-refractivity contribution is -0.121. The fraction of sp³-hybridized carbons (Fsp3) is 0.310. The van der Waals surface area contributed by atoms with Gasteiger partial charge in [0.15, 0.2) is 13.2 Å². The van der Waals surface area contributed by atoms with E-state index >= 15 is 0 Å². The fourth-order valence-electron chi connectivity index (χ4n) is 3.94. The maximum absolute atomic E-state index is 12.6. The Morgan fingerprint density at radius 3 is 2.49 bits per heavy atom. The molecule has 1 aliphatic rings. The molecule has 0 saturated heterocycles. The Balaban J connectivity index is 1.29. The number of rotatable bonds is 12. The van der Waals surface area contributed by atoms with Crippen LogP contribution in [0.25, 0.3) is 0 Å². The number of fused-ring (bicyclic) bond motifs is 1. The highest BCUT2D eigenvalue weighted by molar-refractivity contribution is 5.99. The summed E-state index contributed by atoms with van der Waals surface area (Å²) < 4.78 is 22.4. The van der Waals surface area contributed by atoms with Gasteiger partial charge in [-0.25, -0.2) is 0 Å². The molecule has 2 amide bonds. The Bertz CT molecular complexity index is 1210. The molecule has 4 rings (SSSR count). The molecule has 0 bridgehead atoms. The number of nitrogens with one attached hydrogen (secondary N) is 1. The molecule has 0 aliphatic carbocycles. The van der Waals surface area contributed by atoms with E-state index in [2.05, 4.69) is 5.32 Å². The highest BCUT2D eigenvalue weighted by atomic mass is 16.5. The van der Waals surface area contributed by atoms with Gasteiger partial charge in [0, 0.05) is 12.2 Å². The molecule has 3 aromatic rings. The van der Waals surface area contributed by atoms with Gasteiger partial charge >= 0.3 is 0 Å². The average molecular weight is 505 g/mol. The number of benzene rings is 3. The molecule has 0 atom stereocenters. The van der Waals surface area contributed by atoms with Crippen molar-refractivity contribution in [1.82, 2.24) is 0 Å². The number of unbranched alkanes of at least 4 members (excludes halogenated alkanes) is 1. The van der Waals surface area contributed by atoms with E-state index in [1.807, 2.05) is 38.1 Å². The quantitative estimate of drug-likeness (QED) is 0.350. The predicted molar refractivity (Wildman–Crippen MR) is 142 cm³/mol. The first-order valence-corrected chi connectivity index (χ1v) is 12.4. The number of carbonyl (C=O) groups is 2. The highest BCUT2D eigenvalue weighted by Gasteiger charge is 2.25. The average Bonchev–Trinajstić information content (AvgIpc) is 2.89. The first kappa shape index (κ1) is 25.9. The third-order valence-electron chi connectivity index (χ3n) is 5.72. The van der Waals surface area contributed by atoms with Crippen LogP contribution < -0.4 is 29.2 Å². The van der Waals surface area contributed by atoms with Gasteiger partial charge in [0.1, 0.15) is 23.0 Å². The lowest BCUT2D eigenvalue weighted by atomic mass is 10.2. The zero-order valence-corrected chi connectivity index (χ0v) is 21.2. The molecule has 37 heavy (non-hydrogen) atoms. The summed E-state index contributed by atoms with van der Waals surface area (Å²) in [5.41, 5.74) is 2.35. The molecule has 0 spiro atoms. The van der Waals surface area contributed by atoms with Crippen LogP contribution in [0, 0.1) is 6.92 Å². The first-order chi connectivity index (χ1) is 18.0. The summed E-state index contributed by atoms with van der Waals surface area (Å²) >= 11 is 0. The molecule has 0 fully saturated rings. The van der Waals surface area contributed by atoms with Crippen LogP contribution in [0.5, 0.6) is 23.0 Å². The molecule has 0 saturated carbocycles. The van der Waals surface area contributed by atoms with E-state index in [-0.39, 0.29) is 25.0 Å². The number of aryl methyl sites for hydroxylation is 1. The van der Waals surface area contributed by atoms with E-state index < -0.39 is 0 Å². The van der Waals surface area contributed by atoms with Crippen molar-refractivity contribution in [2.24, 2.45) is 0 Å². The number of hydrogen-bond donors (Lipinski definition) is 1. The summed E-state index contributed by atoms with van der Waals surface area (Å²) in [6.45, 7) is 5.48. The van der Waals surface area contributed by atoms with E-state index in [1.165, 1.54) is 0 Å². The Morgan fingerprint density at radius 1 is 0.946 bits per heavy atom. The second-order valence-electron chi connectivity index (χ2n) is 8.63. The van der Waals surface area contributed by atoms with Gasteiger partial charge in [0.2, 0.25) is 0 Å². The molecule has 0 unspecified atom stereocenters. The lowest BCUT2D eigenvalue weighted by Crippen LogP contribution is -2.39. The minimum atomic E-state index is -0.309. The highest BCUT2D eigenvalue weighted by Crippen LogP contribution is 2.35. The number of nitrogens with zero attached hydrogens (tertiary/aromatic N) is 1. The Hall–Kier alpha value is -4.20.